The first-order valence-corrected chi connectivity index (χ1v) is 25.3. The van der Waals surface area contributed by atoms with Crippen molar-refractivity contribution in [2.45, 2.75) is 78.3 Å². The molecule has 0 saturated heterocycles. The minimum Gasteiger partial charge on any atom is -0.305 e. The topological polar surface area (TPSA) is 25.8 Å². The molecule has 269 valence electrons. The Morgan fingerprint density at radius 2 is 1.35 bits per heavy atom. The van der Waals surface area contributed by atoms with Crippen LogP contribution < -0.4 is 10.4 Å². The van der Waals surface area contributed by atoms with Crippen LogP contribution in [0, 0.1) is 19.1 Å². The number of benzene rings is 4. The van der Waals surface area contributed by atoms with Crippen molar-refractivity contribution in [1.29, 1.82) is 0 Å². The number of aromatic nitrogens is 2. The monoisotopic (exact) mass is 911 g/mol. The van der Waals surface area contributed by atoms with Crippen LogP contribution in [0.25, 0.3) is 42.7 Å². The average molecular weight is 911 g/mol. The van der Waals surface area contributed by atoms with Crippen LogP contribution in [0.2, 0.25) is 37.8 Å². The van der Waals surface area contributed by atoms with Crippen molar-refractivity contribution in [3.63, 3.8) is 0 Å². The predicted molar refractivity (Wildman–Crippen MR) is 228 cm³/mol. The molecule has 0 saturated carbocycles. The van der Waals surface area contributed by atoms with Crippen molar-refractivity contribution < 1.29 is 20.1 Å². The van der Waals surface area contributed by atoms with Crippen LogP contribution >= 0.6 is 11.3 Å². The van der Waals surface area contributed by atoms with E-state index in [1.165, 1.54) is 65.4 Å². The van der Waals surface area contributed by atoms with E-state index in [1.807, 2.05) is 17.4 Å². The van der Waals surface area contributed by atoms with E-state index in [1.54, 1.807) is 0 Å². The molecule has 0 fully saturated rings. The largest absolute Gasteiger partial charge is 0.305 e. The average Bonchev–Trinajstić information content (AvgIpc) is 3.57. The summed E-state index contributed by atoms with van der Waals surface area (Å²) < 4.78 is 2.62. The van der Waals surface area contributed by atoms with Crippen molar-refractivity contribution in [2.75, 3.05) is 0 Å². The summed E-state index contributed by atoms with van der Waals surface area (Å²) in [5, 5.41) is 5.57. The molecule has 1 radical (unpaired) electrons. The summed E-state index contributed by atoms with van der Waals surface area (Å²) in [4.78, 5) is 9.61. The van der Waals surface area contributed by atoms with Gasteiger partial charge < -0.3 is 9.97 Å². The molecule has 0 bridgehead atoms. The smallest absolute Gasteiger partial charge is 0.0878 e. The van der Waals surface area contributed by atoms with Gasteiger partial charge in [0, 0.05) is 37.2 Å². The summed E-state index contributed by atoms with van der Waals surface area (Å²) in [6.45, 7) is 18.5. The maximum Gasteiger partial charge on any atom is 0.0878 e. The van der Waals surface area contributed by atoms with E-state index in [2.05, 4.69) is 176 Å². The number of hydrogen-bond acceptors (Lipinski definition) is 3. The number of pyridine rings is 2. The van der Waals surface area contributed by atoms with Crippen molar-refractivity contribution in [1.82, 2.24) is 9.97 Å². The Kier molecular flexibility index (Phi) is 13.0. The minimum atomic E-state index is -1.36. The Balaban J connectivity index is 0.000000198. The van der Waals surface area contributed by atoms with Gasteiger partial charge in [0.2, 0.25) is 0 Å². The summed E-state index contributed by atoms with van der Waals surface area (Å²) in [5.41, 5.74) is 8.17. The first kappa shape index (κ1) is 39.7. The molecule has 4 aromatic carbocycles. The second-order valence-corrected chi connectivity index (χ2v) is 26.2. The van der Waals surface area contributed by atoms with E-state index in [0.29, 0.717) is 5.92 Å². The number of rotatable bonds is 9. The molecular weight excluding hydrogens is 861 g/mol. The van der Waals surface area contributed by atoms with Crippen molar-refractivity contribution in [3.8, 4) is 22.5 Å². The van der Waals surface area contributed by atoms with E-state index in [4.69, 9.17) is 9.97 Å². The summed E-state index contributed by atoms with van der Waals surface area (Å²) >= 11 is 1.84. The van der Waals surface area contributed by atoms with Crippen LogP contribution in [-0.2, 0) is 20.1 Å². The number of fused-ring (bicyclic) bond motifs is 3. The Morgan fingerprint density at radius 1 is 0.712 bits per heavy atom. The molecule has 2 nitrogen and oxygen atoms in total. The third-order valence-corrected chi connectivity index (χ3v) is 19.6. The van der Waals surface area contributed by atoms with Gasteiger partial charge in [0.05, 0.1) is 16.1 Å². The molecule has 52 heavy (non-hydrogen) atoms. The van der Waals surface area contributed by atoms with E-state index in [-0.39, 0.29) is 20.1 Å². The van der Waals surface area contributed by atoms with Crippen LogP contribution in [0.4, 0.5) is 0 Å². The predicted octanol–water partition coefficient (Wildman–Crippen LogP) is 12.2. The first-order valence-electron chi connectivity index (χ1n) is 18.4. The van der Waals surface area contributed by atoms with Gasteiger partial charge in [0.15, 0.2) is 0 Å². The molecule has 0 spiro atoms. The standard InChI is InChI=1S/C25H30NSi.C21H20NSSi.Ir/c1-5-27(6-2,7-3)24-16-17-25(26-19-24)23-15-11-14-22(18-23)20(4)21-12-9-8-10-13-21;1-14-9-11-16(18-12-10-15(13-22-18)24(2,3)4)21-20(14)17-7-5-6-8-19(17)23-21;/h8-14,16-20H,5-7H2,1-4H3;5-10,12-13H,1-4H3;/q2*-1;. The first-order chi connectivity index (χ1) is 24.6. The normalized spacial score (nSPS) is 12.2. The van der Waals surface area contributed by atoms with Gasteiger partial charge in [-0.15, -0.1) is 58.7 Å². The van der Waals surface area contributed by atoms with Crippen LogP contribution in [0.15, 0.2) is 116 Å². The number of aryl methyl sites for hydroxylation is 1. The summed E-state index contributed by atoms with van der Waals surface area (Å²) in [7, 11) is -2.68. The van der Waals surface area contributed by atoms with Crippen LogP contribution in [0.1, 0.15) is 50.3 Å². The van der Waals surface area contributed by atoms with Gasteiger partial charge in [-0.05, 0) is 49.4 Å². The summed E-state index contributed by atoms with van der Waals surface area (Å²) in [6, 6.07) is 47.5. The number of thiophene rings is 1. The number of nitrogens with zero attached hydrogens (tertiary/aromatic N) is 2. The Hall–Kier alpha value is -3.52. The molecule has 1 unspecified atom stereocenters. The summed E-state index contributed by atoms with van der Waals surface area (Å²) in [5.74, 6) is 0.360. The fourth-order valence-corrected chi connectivity index (χ4v) is 13.0. The molecule has 0 aliphatic rings. The third-order valence-electron chi connectivity index (χ3n) is 10.8. The fourth-order valence-electron chi connectivity index (χ4n) is 7.17. The molecule has 7 aromatic rings. The van der Waals surface area contributed by atoms with Gasteiger partial charge in [-0.2, -0.15) is 11.3 Å². The zero-order valence-electron chi connectivity index (χ0n) is 31.8. The van der Waals surface area contributed by atoms with Gasteiger partial charge >= 0.3 is 0 Å². The van der Waals surface area contributed by atoms with Crippen LogP contribution in [0.5, 0.6) is 0 Å². The number of hydrogen-bond donors (Lipinski definition) is 0. The van der Waals surface area contributed by atoms with E-state index >= 15 is 0 Å². The molecular formula is C46H50IrN2SSi2-2. The Labute approximate surface area is 331 Å². The van der Waals surface area contributed by atoms with Gasteiger partial charge in [0.25, 0.3) is 0 Å². The van der Waals surface area contributed by atoms with E-state index in [9.17, 15) is 0 Å². The second kappa shape index (κ2) is 17.1. The van der Waals surface area contributed by atoms with Gasteiger partial charge in [-0.3, -0.25) is 0 Å². The quantitative estimate of drug-likeness (QED) is 0.107. The zero-order chi connectivity index (χ0) is 36.2. The molecule has 0 aliphatic carbocycles. The Bertz CT molecular complexity index is 2210. The molecule has 7 rings (SSSR count). The maximum absolute atomic E-state index is 4.84. The molecule has 0 amide bonds. The zero-order valence-corrected chi connectivity index (χ0v) is 37.0. The molecule has 3 aromatic heterocycles. The third kappa shape index (κ3) is 8.32. The molecule has 1 atom stereocenters. The Morgan fingerprint density at radius 3 is 1.98 bits per heavy atom. The molecule has 0 aliphatic heterocycles. The fraction of sp³-hybridized carbons (Fsp3) is 0.261. The van der Waals surface area contributed by atoms with Crippen molar-refractivity contribution in [2.24, 2.45) is 0 Å². The van der Waals surface area contributed by atoms with E-state index < -0.39 is 16.1 Å². The molecule has 3 heterocycles. The van der Waals surface area contributed by atoms with Crippen molar-refractivity contribution in [3.05, 3.63) is 144 Å². The van der Waals surface area contributed by atoms with Gasteiger partial charge in [-0.25, -0.2) is 0 Å². The minimum absolute atomic E-state index is 0. The second-order valence-electron chi connectivity index (χ2n) is 14.8. The van der Waals surface area contributed by atoms with Crippen molar-refractivity contribution >= 4 is 58.0 Å². The summed E-state index contributed by atoms with van der Waals surface area (Å²) in [6.07, 6.45) is 4.20. The van der Waals surface area contributed by atoms with Gasteiger partial charge in [0.1, 0.15) is 0 Å². The molecule has 6 heteroatoms. The van der Waals surface area contributed by atoms with Crippen LogP contribution in [0.3, 0.4) is 0 Å². The maximum atomic E-state index is 4.84. The SMILES string of the molecule is CC[Si](CC)(CC)c1ccc(-c2[c-]ccc(C(C)c3ccccc3)c2)nc1.Cc1c[c-]c(-c2ccc([Si](C)(C)C)cn2)c2sc3ccccc3c12.[Ir]. The van der Waals surface area contributed by atoms with E-state index in [0.717, 1.165) is 22.5 Å². The molecule has 0 N–H and O–H groups in total. The van der Waals surface area contributed by atoms with Crippen LogP contribution in [-0.4, -0.2) is 26.1 Å². The van der Waals surface area contributed by atoms with Gasteiger partial charge in [-0.1, -0.05) is 151 Å².